The van der Waals surface area contributed by atoms with E-state index >= 15 is 0 Å². The average molecular weight is 311 g/mol. The zero-order chi connectivity index (χ0) is 15.5. The lowest BCUT2D eigenvalue weighted by atomic mass is 9.74. The van der Waals surface area contributed by atoms with Gasteiger partial charge in [0.15, 0.2) is 0 Å². The highest BCUT2D eigenvalue weighted by atomic mass is 16.5. The molecule has 2 saturated heterocycles. The van der Waals surface area contributed by atoms with E-state index in [0.717, 1.165) is 25.4 Å². The van der Waals surface area contributed by atoms with Crippen molar-refractivity contribution in [1.82, 2.24) is 14.7 Å². The molecule has 1 aromatic heterocycles. The molecule has 4 rings (SSSR count). The van der Waals surface area contributed by atoms with Crippen molar-refractivity contribution in [2.45, 2.75) is 32.2 Å². The van der Waals surface area contributed by atoms with Gasteiger partial charge in [0.05, 0.1) is 5.69 Å². The number of likely N-dealkylation sites (tertiary alicyclic amines) is 1. The van der Waals surface area contributed by atoms with E-state index in [1.54, 1.807) is 0 Å². The Labute approximate surface area is 138 Å². The van der Waals surface area contributed by atoms with Crippen molar-refractivity contribution in [1.29, 1.82) is 0 Å². The lowest BCUT2D eigenvalue weighted by Crippen LogP contribution is -2.45. The summed E-state index contributed by atoms with van der Waals surface area (Å²) >= 11 is 0. The van der Waals surface area contributed by atoms with E-state index in [4.69, 9.17) is 4.74 Å². The van der Waals surface area contributed by atoms with Gasteiger partial charge in [0.1, 0.15) is 0 Å². The molecule has 1 aromatic carbocycles. The summed E-state index contributed by atoms with van der Waals surface area (Å²) in [5, 5.41) is 4.33. The molecule has 0 saturated carbocycles. The van der Waals surface area contributed by atoms with Gasteiger partial charge in [-0.25, -0.2) is 4.68 Å². The first-order valence-corrected chi connectivity index (χ1v) is 8.72. The summed E-state index contributed by atoms with van der Waals surface area (Å²) < 4.78 is 7.51. The van der Waals surface area contributed by atoms with Crippen LogP contribution in [0.15, 0.2) is 42.7 Å². The van der Waals surface area contributed by atoms with Crippen LogP contribution >= 0.6 is 0 Å². The number of hydrogen-bond acceptors (Lipinski definition) is 3. The van der Waals surface area contributed by atoms with Crippen LogP contribution in [0.4, 0.5) is 0 Å². The van der Waals surface area contributed by atoms with Crippen molar-refractivity contribution in [2.24, 2.45) is 5.41 Å². The summed E-state index contributed by atoms with van der Waals surface area (Å²) in [4.78, 5) is 2.64. The second kappa shape index (κ2) is 6.46. The number of aromatic nitrogens is 2. The summed E-state index contributed by atoms with van der Waals surface area (Å²) in [6.07, 6.45) is 8.98. The SMILES string of the molecule is c1cc(CN2CCCC3(CCOCC3)C2)cc(-n2cccn2)c1. The molecule has 0 unspecified atom stereocenters. The van der Waals surface area contributed by atoms with Crippen LogP contribution in [0.5, 0.6) is 0 Å². The molecule has 0 atom stereocenters. The van der Waals surface area contributed by atoms with E-state index in [0.29, 0.717) is 5.41 Å². The van der Waals surface area contributed by atoms with Gasteiger partial charge in [-0.3, -0.25) is 4.90 Å². The second-order valence-electron chi connectivity index (χ2n) is 7.05. The van der Waals surface area contributed by atoms with Crippen molar-refractivity contribution in [3.05, 3.63) is 48.3 Å². The highest BCUT2D eigenvalue weighted by Crippen LogP contribution is 2.39. The Morgan fingerprint density at radius 1 is 1.13 bits per heavy atom. The number of hydrogen-bond donors (Lipinski definition) is 0. The third kappa shape index (κ3) is 3.33. The predicted molar refractivity (Wildman–Crippen MR) is 90.6 cm³/mol. The zero-order valence-corrected chi connectivity index (χ0v) is 13.7. The van der Waals surface area contributed by atoms with Gasteiger partial charge < -0.3 is 4.74 Å². The van der Waals surface area contributed by atoms with E-state index < -0.39 is 0 Å². The molecule has 0 aliphatic carbocycles. The highest BCUT2D eigenvalue weighted by molar-refractivity contribution is 5.35. The molecule has 3 heterocycles. The number of rotatable bonds is 3. The lowest BCUT2D eigenvalue weighted by Gasteiger charge is -2.45. The van der Waals surface area contributed by atoms with Crippen LogP contribution in [0, 0.1) is 5.41 Å². The minimum atomic E-state index is 0.510. The molecule has 1 spiro atoms. The summed E-state index contributed by atoms with van der Waals surface area (Å²) in [5.74, 6) is 0. The third-order valence-corrected chi connectivity index (χ3v) is 5.38. The molecule has 0 bridgehead atoms. The van der Waals surface area contributed by atoms with Crippen molar-refractivity contribution in [3.8, 4) is 5.69 Å². The first-order valence-electron chi connectivity index (χ1n) is 8.72. The normalized spacial score (nSPS) is 21.6. The van der Waals surface area contributed by atoms with E-state index in [2.05, 4.69) is 34.3 Å². The smallest absolute Gasteiger partial charge is 0.0648 e. The van der Waals surface area contributed by atoms with Crippen LogP contribution in [-0.4, -0.2) is 41.0 Å². The van der Waals surface area contributed by atoms with Gasteiger partial charge in [-0.15, -0.1) is 0 Å². The topological polar surface area (TPSA) is 30.3 Å². The fraction of sp³-hybridized carbons (Fsp3) is 0.526. The number of piperidine rings is 1. The molecule has 4 nitrogen and oxygen atoms in total. The van der Waals surface area contributed by atoms with Gasteiger partial charge in [-0.05, 0) is 61.4 Å². The average Bonchev–Trinajstić information content (AvgIpc) is 3.10. The zero-order valence-electron chi connectivity index (χ0n) is 13.7. The number of nitrogens with zero attached hydrogens (tertiary/aromatic N) is 3. The first-order chi connectivity index (χ1) is 11.3. The maximum absolute atomic E-state index is 5.58. The van der Waals surface area contributed by atoms with Crippen LogP contribution < -0.4 is 0 Å². The highest BCUT2D eigenvalue weighted by Gasteiger charge is 2.36. The van der Waals surface area contributed by atoms with Crippen LogP contribution in [0.3, 0.4) is 0 Å². The monoisotopic (exact) mass is 311 g/mol. The molecule has 122 valence electrons. The van der Waals surface area contributed by atoms with Crippen LogP contribution in [0.1, 0.15) is 31.2 Å². The molecule has 0 N–H and O–H groups in total. The Bertz CT molecular complexity index is 626. The van der Waals surface area contributed by atoms with Gasteiger partial charge in [0.25, 0.3) is 0 Å². The molecule has 0 amide bonds. The lowest BCUT2D eigenvalue weighted by molar-refractivity contribution is -0.0291. The van der Waals surface area contributed by atoms with Gasteiger partial charge in [-0.2, -0.15) is 5.10 Å². The van der Waals surface area contributed by atoms with Crippen LogP contribution in [0.25, 0.3) is 5.69 Å². The van der Waals surface area contributed by atoms with Crippen LogP contribution in [0.2, 0.25) is 0 Å². The van der Waals surface area contributed by atoms with Crippen molar-refractivity contribution >= 4 is 0 Å². The van der Waals surface area contributed by atoms with E-state index in [1.165, 1.54) is 44.3 Å². The largest absolute Gasteiger partial charge is 0.381 e. The molecule has 0 radical (unpaired) electrons. The van der Waals surface area contributed by atoms with E-state index in [9.17, 15) is 0 Å². The molecule has 2 aliphatic rings. The molecular formula is C19H25N3O. The van der Waals surface area contributed by atoms with Crippen molar-refractivity contribution in [3.63, 3.8) is 0 Å². The maximum Gasteiger partial charge on any atom is 0.0648 e. The van der Waals surface area contributed by atoms with Crippen molar-refractivity contribution in [2.75, 3.05) is 26.3 Å². The van der Waals surface area contributed by atoms with Crippen LogP contribution in [-0.2, 0) is 11.3 Å². The fourth-order valence-electron chi connectivity index (χ4n) is 4.13. The summed E-state index contributed by atoms with van der Waals surface area (Å²) in [6.45, 7) is 5.37. The number of ether oxygens (including phenoxy) is 1. The number of benzene rings is 1. The molecule has 23 heavy (non-hydrogen) atoms. The molecule has 2 fully saturated rings. The summed E-state index contributed by atoms with van der Waals surface area (Å²) in [5.41, 5.74) is 3.03. The molecule has 2 aromatic rings. The van der Waals surface area contributed by atoms with E-state index in [-0.39, 0.29) is 0 Å². The Morgan fingerprint density at radius 2 is 2.04 bits per heavy atom. The molecule has 4 heteroatoms. The standard InChI is InChI=1S/C19H25N3O/c1-4-17(14-18(5-1)22-11-3-9-20-22)15-21-10-2-6-19(16-21)7-12-23-13-8-19/h1,3-5,9,11,14H,2,6-8,10,12-13,15-16H2. The third-order valence-electron chi connectivity index (χ3n) is 5.38. The van der Waals surface area contributed by atoms with Crippen molar-refractivity contribution < 1.29 is 4.74 Å². The second-order valence-corrected chi connectivity index (χ2v) is 7.05. The Morgan fingerprint density at radius 3 is 2.87 bits per heavy atom. The quantitative estimate of drug-likeness (QED) is 0.871. The first kappa shape index (κ1) is 14.9. The maximum atomic E-state index is 5.58. The Hall–Kier alpha value is -1.65. The summed E-state index contributed by atoms with van der Waals surface area (Å²) in [7, 11) is 0. The van der Waals surface area contributed by atoms with E-state index in [1.807, 2.05) is 23.1 Å². The predicted octanol–water partition coefficient (Wildman–Crippen LogP) is 3.26. The van der Waals surface area contributed by atoms with Gasteiger partial charge >= 0.3 is 0 Å². The minimum Gasteiger partial charge on any atom is -0.381 e. The fourth-order valence-corrected chi connectivity index (χ4v) is 4.13. The van der Waals surface area contributed by atoms with Gasteiger partial charge in [0.2, 0.25) is 0 Å². The Kier molecular flexibility index (Phi) is 4.19. The van der Waals surface area contributed by atoms with Gasteiger partial charge in [0, 0.05) is 38.7 Å². The molecule has 2 aliphatic heterocycles. The van der Waals surface area contributed by atoms with Gasteiger partial charge in [-0.1, -0.05) is 12.1 Å². The Balaban J connectivity index is 1.46. The molecular weight excluding hydrogens is 286 g/mol. The minimum absolute atomic E-state index is 0.510. The summed E-state index contributed by atoms with van der Waals surface area (Å²) in [6, 6.07) is 10.7.